The molecule has 6 heteroatoms. The van der Waals surface area contributed by atoms with Crippen LogP contribution < -0.4 is 10.1 Å². The molecule has 2 aliphatic heterocycles. The fraction of sp³-hybridized carbons (Fsp3) is 0.444. The first-order chi connectivity index (χ1) is 7.45. The summed E-state index contributed by atoms with van der Waals surface area (Å²) in [6, 6.07) is 0. The van der Waals surface area contributed by atoms with Gasteiger partial charge in [0.15, 0.2) is 12.0 Å². The van der Waals surface area contributed by atoms with Crippen LogP contribution in [0.25, 0.3) is 0 Å². The molecule has 1 aromatic rings. The minimum absolute atomic E-state index is 0.655. The maximum atomic E-state index is 5.43. The molecule has 1 fully saturated rings. The fourth-order valence-corrected chi connectivity index (χ4v) is 1.64. The Balaban J connectivity index is 1.84. The van der Waals surface area contributed by atoms with Crippen molar-refractivity contribution in [3.63, 3.8) is 0 Å². The van der Waals surface area contributed by atoms with Crippen molar-refractivity contribution < 1.29 is 14.2 Å². The number of hydrogen-bond acceptors (Lipinski definition) is 6. The van der Waals surface area contributed by atoms with Crippen LogP contribution in [0.15, 0.2) is 23.1 Å². The Bertz CT molecular complexity index is 346. The van der Waals surface area contributed by atoms with Crippen LogP contribution in [0.3, 0.4) is 0 Å². The summed E-state index contributed by atoms with van der Waals surface area (Å²) >= 11 is 0. The summed E-state index contributed by atoms with van der Waals surface area (Å²) in [5, 5.41) is 7.35. The summed E-state index contributed by atoms with van der Waals surface area (Å²) in [4.78, 5) is 10.7. The van der Waals surface area contributed by atoms with Gasteiger partial charge >= 0.3 is 0 Å². The second-order valence-electron chi connectivity index (χ2n) is 3.35. The van der Waals surface area contributed by atoms with Crippen LogP contribution >= 0.6 is 0 Å². The molecular weight excluding hydrogens is 198 g/mol. The Hall–Kier alpha value is -1.69. The van der Waals surface area contributed by atoms with Crippen molar-refractivity contribution >= 4 is 11.5 Å². The van der Waals surface area contributed by atoms with Gasteiger partial charge in [0.2, 0.25) is 5.82 Å². The molecule has 6 nitrogen and oxygen atoms in total. The minimum atomic E-state index is 0.655. The quantitative estimate of drug-likeness (QED) is 0.726. The summed E-state index contributed by atoms with van der Waals surface area (Å²) in [5.41, 5.74) is 0.816. The molecule has 15 heavy (non-hydrogen) atoms. The summed E-state index contributed by atoms with van der Waals surface area (Å²) in [6.07, 6.45) is 6.12. The molecule has 0 aromatic carbocycles. The van der Waals surface area contributed by atoms with E-state index in [-0.39, 0.29) is 0 Å². The maximum absolute atomic E-state index is 5.43. The van der Waals surface area contributed by atoms with Gasteiger partial charge in [0.05, 0.1) is 13.2 Å². The zero-order valence-electron chi connectivity index (χ0n) is 8.13. The van der Waals surface area contributed by atoms with E-state index in [1.165, 1.54) is 0 Å². The molecule has 0 aliphatic carbocycles. The van der Waals surface area contributed by atoms with Crippen molar-refractivity contribution in [3.8, 4) is 0 Å². The highest BCUT2D eigenvalue weighted by Gasteiger charge is 2.25. The number of rotatable bonds is 2. The zero-order valence-corrected chi connectivity index (χ0v) is 8.13. The van der Waals surface area contributed by atoms with E-state index in [1.54, 1.807) is 22.7 Å². The van der Waals surface area contributed by atoms with Gasteiger partial charge in [-0.1, -0.05) is 5.16 Å². The zero-order chi connectivity index (χ0) is 10.1. The summed E-state index contributed by atoms with van der Waals surface area (Å²) in [6.45, 7) is 2.27. The van der Waals surface area contributed by atoms with E-state index in [0.717, 1.165) is 25.3 Å². The number of hydrogen-bond donors (Lipinski definition) is 0. The lowest BCUT2D eigenvalue weighted by Crippen LogP contribution is -2.22. The third-order valence-corrected chi connectivity index (χ3v) is 2.35. The molecule has 0 unspecified atom stereocenters. The average molecular weight is 209 g/mol. The first kappa shape index (κ1) is 8.60. The van der Waals surface area contributed by atoms with E-state index in [0.29, 0.717) is 12.4 Å². The molecule has 3 rings (SSSR count). The highest BCUT2D eigenvalue weighted by Crippen LogP contribution is 2.31. The topological polar surface area (TPSA) is 51.0 Å². The maximum Gasteiger partial charge on any atom is 0.231 e. The third-order valence-electron chi connectivity index (χ3n) is 2.35. The monoisotopic (exact) mass is 209 g/mol. The van der Waals surface area contributed by atoms with Crippen molar-refractivity contribution in [2.45, 2.75) is 6.42 Å². The van der Waals surface area contributed by atoms with Gasteiger partial charge in [-0.25, -0.2) is 5.06 Å². The Labute approximate surface area is 86.5 Å². The van der Waals surface area contributed by atoms with Gasteiger partial charge in [0.25, 0.3) is 0 Å². The lowest BCUT2D eigenvalue weighted by Gasteiger charge is -2.18. The Morgan fingerprint density at radius 1 is 1.33 bits per heavy atom. The molecule has 0 N–H and O–H groups in total. The van der Waals surface area contributed by atoms with E-state index in [2.05, 4.69) is 5.16 Å². The van der Waals surface area contributed by atoms with Crippen molar-refractivity contribution in [3.05, 3.63) is 18.6 Å². The number of hydroxylamine groups is 2. The van der Waals surface area contributed by atoms with Gasteiger partial charge in [-0.3, -0.25) is 4.84 Å². The normalized spacial score (nSPS) is 20.0. The van der Waals surface area contributed by atoms with E-state index in [4.69, 9.17) is 14.2 Å². The van der Waals surface area contributed by atoms with Crippen LogP contribution in [0.1, 0.15) is 6.42 Å². The van der Waals surface area contributed by atoms with Crippen molar-refractivity contribution in [1.82, 2.24) is 5.16 Å². The molecule has 0 spiro atoms. The van der Waals surface area contributed by atoms with Crippen LogP contribution in [-0.4, -0.2) is 24.9 Å². The van der Waals surface area contributed by atoms with Gasteiger partial charge in [-0.15, -0.1) is 0 Å². The number of aromatic nitrogens is 1. The largest absolute Gasteiger partial charge is 0.386 e. The lowest BCUT2D eigenvalue weighted by atomic mass is 10.4. The molecule has 3 heterocycles. The van der Waals surface area contributed by atoms with E-state index in [9.17, 15) is 0 Å². The van der Waals surface area contributed by atoms with Gasteiger partial charge < -0.3 is 9.36 Å². The highest BCUT2D eigenvalue weighted by atomic mass is 16.7. The second kappa shape index (κ2) is 3.47. The fourth-order valence-electron chi connectivity index (χ4n) is 1.64. The Kier molecular flexibility index (Phi) is 1.99. The van der Waals surface area contributed by atoms with Gasteiger partial charge in [-0.2, -0.15) is 5.06 Å². The molecule has 1 aromatic heterocycles. The predicted octanol–water partition coefficient (Wildman–Crippen LogP) is 1.08. The van der Waals surface area contributed by atoms with E-state index >= 15 is 0 Å². The molecule has 1 saturated heterocycles. The van der Waals surface area contributed by atoms with Crippen LogP contribution in [-0.2, 0) is 9.68 Å². The highest BCUT2D eigenvalue weighted by molar-refractivity contribution is 5.63. The molecule has 2 aliphatic rings. The first-order valence-corrected chi connectivity index (χ1v) is 4.89. The molecule has 0 amide bonds. The van der Waals surface area contributed by atoms with Crippen molar-refractivity contribution in [2.75, 3.05) is 29.8 Å². The number of nitrogens with zero attached hydrogens (tertiary/aromatic N) is 3. The smallest absolute Gasteiger partial charge is 0.231 e. The van der Waals surface area contributed by atoms with E-state index < -0.39 is 0 Å². The lowest BCUT2D eigenvalue weighted by molar-refractivity contribution is 0.167. The standard InChI is InChI=1S/C9H11N3O3/c1-3-11(14-5-1)8-7-13-10-9(8)12-4-2-6-15-12/h2,6-7H,1,3-5H2. The third kappa shape index (κ3) is 1.42. The molecule has 0 radical (unpaired) electrons. The minimum Gasteiger partial charge on any atom is -0.386 e. The van der Waals surface area contributed by atoms with Crippen molar-refractivity contribution in [1.29, 1.82) is 0 Å². The summed E-state index contributed by atoms with van der Waals surface area (Å²) in [5.74, 6) is 0.655. The number of anilines is 2. The van der Waals surface area contributed by atoms with Crippen molar-refractivity contribution in [2.24, 2.45) is 0 Å². The van der Waals surface area contributed by atoms with Gasteiger partial charge in [0, 0.05) is 6.54 Å². The van der Waals surface area contributed by atoms with E-state index in [1.807, 2.05) is 6.08 Å². The molecule has 0 bridgehead atoms. The summed E-state index contributed by atoms with van der Waals surface area (Å²) in [7, 11) is 0. The molecular formula is C9H11N3O3. The second-order valence-corrected chi connectivity index (χ2v) is 3.35. The average Bonchev–Trinajstić information content (AvgIpc) is 3.01. The predicted molar refractivity (Wildman–Crippen MR) is 52.0 cm³/mol. The van der Waals surface area contributed by atoms with Crippen LogP contribution in [0.4, 0.5) is 11.5 Å². The Morgan fingerprint density at radius 2 is 2.33 bits per heavy atom. The molecule has 80 valence electrons. The SMILES string of the molecule is C1=CON(c2nocc2N2CCCO2)C1. The van der Waals surface area contributed by atoms with Gasteiger partial charge in [0.1, 0.15) is 6.26 Å². The first-order valence-electron chi connectivity index (χ1n) is 4.89. The van der Waals surface area contributed by atoms with Crippen LogP contribution in [0.5, 0.6) is 0 Å². The molecule has 0 saturated carbocycles. The van der Waals surface area contributed by atoms with Gasteiger partial charge in [-0.05, 0) is 12.5 Å². The van der Waals surface area contributed by atoms with Crippen LogP contribution in [0.2, 0.25) is 0 Å². The molecule has 0 atom stereocenters. The van der Waals surface area contributed by atoms with Crippen LogP contribution in [0, 0.1) is 0 Å². The summed E-state index contributed by atoms with van der Waals surface area (Å²) < 4.78 is 4.95. The Morgan fingerprint density at radius 3 is 3.07 bits per heavy atom.